The lowest BCUT2D eigenvalue weighted by atomic mass is 9.95. The number of ether oxygens (including phenoxy) is 1. The number of carbonyl (C=O) groups excluding carboxylic acids is 1. The molecular weight excluding hydrogens is 236 g/mol. The Labute approximate surface area is 113 Å². The molecule has 0 aliphatic carbocycles. The topological polar surface area (TPSA) is 26.3 Å². The number of aryl methyl sites for hydroxylation is 2. The van der Waals surface area contributed by atoms with Gasteiger partial charge in [0.05, 0.1) is 12.0 Å². The third-order valence-corrected chi connectivity index (χ3v) is 3.52. The van der Waals surface area contributed by atoms with Crippen molar-refractivity contribution >= 4 is 5.78 Å². The minimum Gasteiger partial charge on any atom is -0.484 e. The van der Waals surface area contributed by atoms with E-state index in [-0.39, 0.29) is 11.9 Å². The highest BCUT2D eigenvalue weighted by atomic mass is 16.5. The molecule has 3 rings (SSSR count). The van der Waals surface area contributed by atoms with Crippen LogP contribution in [0, 0.1) is 13.8 Å². The number of Topliss-reactive ketones (excluding diaryl/α,β-unsaturated/α-hetero) is 1. The van der Waals surface area contributed by atoms with E-state index in [4.69, 9.17) is 4.74 Å². The van der Waals surface area contributed by atoms with Gasteiger partial charge in [-0.2, -0.15) is 0 Å². The number of hydrogen-bond donors (Lipinski definition) is 0. The van der Waals surface area contributed by atoms with Crippen molar-refractivity contribution < 1.29 is 9.53 Å². The first-order chi connectivity index (χ1) is 9.13. The van der Waals surface area contributed by atoms with Crippen LogP contribution < -0.4 is 4.74 Å². The monoisotopic (exact) mass is 252 g/mol. The molecule has 0 radical (unpaired) electrons. The van der Waals surface area contributed by atoms with Gasteiger partial charge < -0.3 is 4.74 Å². The molecule has 2 aromatic rings. The van der Waals surface area contributed by atoms with Gasteiger partial charge in [0, 0.05) is 0 Å². The smallest absolute Gasteiger partial charge is 0.170 e. The lowest BCUT2D eigenvalue weighted by Gasteiger charge is -2.25. The number of fused-ring (bicyclic) bond motifs is 1. The molecule has 0 saturated heterocycles. The summed E-state index contributed by atoms with van der Waals surface area (Å²) in [5, 5.41) is 0. The standard InChI is InChI=1S/C17H16O2/c1-11-3-6-13(7-4-11)17-10-15(18)14-9-12(2)5-8-16(14)19-17/h3-9,17H,10H2,1-2H3/t17-/m1/s1. The van der Waals surface area contributed by atoms with Crippen LogP contribution in [0.25, 0.3) is 0 Å². The van der Waals surface area contributed by atoms with Crippen molar-refractivity contribution in [2.24, 2.45) is 0 Å². The summed E-state index contributed by atoms with van der Waals surface area (Å²) in [7, 11) is 0. The number of hydrogen-bond acceptors (Lipinski definition) is 2. The third kappa shape index (κ3) is 2.26. The fourth-order valence-corrected chi connectivity index (χ4v) is 2.40. The van der Waals surface area contributed by atoms with Crippen molar-refractivity contribution in [3.63, 3.8) is 0 Å². The first-order valence-electron chi connectivity index (χ1n) is 6.50. The van der Waals surface area contributed by atoms with Crippen LogP contribution in [0.5, 0.6) is 5.75 Å². The third-order valence-electron chi connectivity index (χ3n) is 3.52. The lowest BCUT2D eigenvalue weighted by Crippen LogP contribution is -2.20. The highest BCUT2D eigenvalue weighted by Gasteiger charge is 2.27. The van der Waals surface area contributed by atoms with E-state index >= 15 is 0 Å². The summed E-state index contributed by atoms with van der Waals surface area (Å²) >= 11 is 0. The molecule has 0 saturated carbocycles. The second-order valence-corrected chi connectivity index (χ2v) is 5.14. The molecule has 0 unspecified atom stereocenters. The summed E-state index contributed by atoms with van der Waals surface area (Å²) in [5.74, 6) is 0.864. The zero-order chi connectivity index (χ0) is 13.4. The molecule has 1 aliphatic rings. The largest absolute Gasteiger partial charge is 0.484 e. The van der Waals surface area contributed by atoms with Crippen molar-refractivity contribution in [2.45, 2.75) is 26.4 Å². The first kappa shape index (κ1) is 12.0. The summed E-state index contributed by atoms with van der Waals surface area (Å²) < 4.78 is 5.96. The van der Waals surface area contributed by atoms with Crippen molar-refractivity contribution in [1.82, 2.24) is 0 Å². The molecule has 2 heteroatoms. The van der Waals surface area contributed by atoms with Crippen LogP contribution in [-0.2, 0) is 0 Å². The van der Waals surface area contributed by atoms with Gasteiger partial charge in [0.25, 0.3) is 0 Å². The zero-order valence-electron chi connectivity index (χ0n) is 11.1. The van der Waals surface area contributed by atoms with Crippen LogP contribution in [0.2, 0.25) is 0 Å². The Morgan fingerprint density at radius 1 is 1.00 bits per heavy atom. The predicted molar refractivity (Wildman–Crippen MR) is 74.7 cm³/mol. The SMILES string of the molecule is Cc1ccc([C@H]2CC(=O)c3cc(C)ccc3O2)cc1. The molecule has 2 nitrogen and oxygen atoms in total. The van der Waals surface area contributed by atoms with Crippen LogP contribution in [0.3, 0.4) is 0 Å². The minimum absolute atomic E-state index is 0.163. The normalized spacial score (nSPS) is 17.8. The van der Waals surface area contributed by atoms with Crippen LogP contribution in [0.4, 0.5) is 0 Å². The summed E-state index contributed by atoms with van der Waals surface area (Å²) in [5.41, 5.74) is 4.07. The molecule has 1 atom stereocenters. The van der Waals surface area contributed by atoms with Gasteiger partial charge in [-0.1, -0.05) is 41.5 Å². The number of rotatable bonds is 1. The van der Waals surface area contributed by atoms with Crippen molar-refractivity contribution in [3.05, 3.63) is 64.7 Å². The molecule has 96 valence electrons. The summed E-state index contributed by atoms with van der Waals surface area (Å²) in [4.78, 5) is 12.2. The second kappa shape index (κ2) is 4.54. The zero-order valence-corrected chi connectivity index (χ0v) is 11.1. The van der Waals surface area contributed by atoms with Gasteiger partial charge in [0.15, 0.2) is 5.78 Å². The fraction of sp³-hybridized carbons (Fsp3) is 0.235. The Morgan fingerprint density at radius 3 is 2.42 bits per heavy atom. The number of ketones is 1. The molecule has 0 aromatic heterocycles. The van der Waals surface area contributed by atoms with E-state index in [1.807, 2.05) is 49.4 Å². The molecule has 1 aliphatic heterocycles. The highest BCUT2D eigenvalue weighted by Crippen LogP contribution is 2.35. The average Bonchev–Trinajstić information content (AvgIpc) is 2.40. The van der Waals surface area contributed by atoms with Gasteiger partial charge in [-0.15, -0.1) is 0 Å². The van der Waals surface area contributed by atoms with Gasteiger partial charge in [-0.25, -0.2) is 0 Å². The van der Waals surface area contributed by atoms with Gasteiger partial charge in [-0.3, -0.25) is 4.79 Å². The molecule has 0 spiro atoms. The van der Waals surface area contributed by atoms with Crippen molar-refractivity contribution in [3.8, 4) is 5.75 Å². The summed E-state index contributed by atoms with van der Waals surface area (Å²) in [6.07, 6.45) is 0.253. The van der Waals surface area contributed by atoms with Gasteiger partial charge >= 0.3 is 0 Å². The van der Waals surface area contributed by atoms with E-state index in [9.17, 15) is 4.79 Å². The molecule has 0 amide bonds. The molecular formula is C17H16O2. The van der Waals surface area contributed by atoms with E-state index in [1.165, 1.54) is 5.56 Å². The van der Waals surface area contributed by atoms with E-state index in [0.29, 0.717) is 17.7 Å². The molecule has 1 heterocycles. The fourth-order valence-electron chi connectivity index (χ4n) is 2.40. The maximum atomic E-state index is 12.2. The number of benzene rings is 2. The summed E-state index contributed by atoms with van der Waals surface area (Å²) in [6, 6.07) is 13.9. The Bertz CT molecular complexity index is 626. The highest BCUT2D eigenvalue weighted by molar-refractivity contribution is 6.00. The summed E-state index contributed by atoms with van der Waals surface area (Å²) in [6.45, 7) is 4.04. The van der Waals surface area contributed by atoms with E-state index < -0.39 is 0 Å². The first-order valence-corrected chi connectivity index (χ1v) is 6.50. The van der Waals surface area contributed by atoms with E-state index in [0.717, 1.165) is 11.1 Å². The van der Waals surface area contributed by atoms with Crippen molar-refractivity contribution in [2.75, 3.05) is 0 Å². The van der Waals surface area contributed by atoms with Crippen LogP contribution in [0.1, 0.15) is 39.6 Å². The van der Waals surface area contributed by atoms with E-state index in [1.54, 1.807) is 0 Å². The van der Waals surface area contributed by atoms with Crippen LogP contribution >= 0.6 is 0 Å². The Balaban J connectivity index is 1.95. The Kier molecular flexibility index (Phi) is 2.86. The molecule has 0 fully saturated rings. The quantitative estimate of drug-likeness (QED) is 0.766. The maximum Gasteiger partial charge on any atom is 0.170 e. The van der Waals surface area contributed by atoms with Crippen molar-refractivity contribution in [1.29, 1.82) is 0 Å². The molecule has 0 N–H and O–H groups in total. The van der Waals surface area contributed by atoms with Gasteiger partial charge in [0.2, 0.25) is 0 Å². The predicted octanol–water partition coefficient (Wildman–Crippen LogP) is 4.01. The second-order valence-electron chi connectivity index (χ2n) is 5.14. The minimum atomic E-state index is -0.164. The van der Waals surface area contributed by atoms with E-state index in [2.05, 4.69) is 6.92 Å². The maximum absolute atomic E-state index is 12.2. The van der Waals surface area contributed by atoms with Crippen LogP contribution in [0.15, 0.2) is 42.5 Å². The molecule has 0 bridgehead atoms. The Hall–Kier alpha value is -2.09. The van der Waals surface area contributed by atoms with Gasteiger partial charge in [-0.05, 0) is 31.5 Å². The number of carbonyl (C=O) groups is 1. The van der Waals surface area contributed by atoms with Gasteiger partial charge in [0.1, 0.15) is 11.9 Å². The molecule has 19 heavy (non-hydrogen) atoms. The molecule has 2 aromatic carbocycles. The Morgan fingerprint density at radius 2 is 1.68 bits per heavy atom. The van der Waals surface area contributed by atoms with Crippen LogP contribution in [-0.4, -0.2) is 5.78 Å². The average molecular weight is 252 g/mol. The lowest BCUT2D eigenvalue weighted by molar-refractivity contribution is 0.0850.